The Bertz CT molecular complexity index is 1140. The van der Waals surface area contributed by atoms with Crippen LogP contribution in [0.3, 0.4) is 0 Å². The first-order chi connectivity index (χ1) is 17.9. The maximum atomic E-state index is 14.0. The smallest absolute Gasteiger partial charge is 0.242 e. The fraction of sp³-hybridized carbons (Fsp3) is 0.355. The zero-order valence-corrected chi connectivity index (χ0v) is 22.7. The van der Waals surface area contributed by atoms with E-state index in [1.54, 1.807) is 24.0 Å². The van der Waals surface area contributed by atoms with Gasteiger partial charge >= 0.3 is 0 Å². The molecule has 6 heteroatoms. The predicted octanol–water partition coefficient (Wildman–Crippen LogP) is 7.38. The van der Waals surface area contributed by atoms with Crippen LogP contribution in [0.15, 0.2) is 78.9 Å². The van der Waals surface area contributed by atoms with E-state index in [2.05, 4.69) is 5.32 Å². The zero-order valence-electron chi connectivity index (χ0n) is 21.2. The Morgan fingerprint density at radius 1 is 0.892 bits per heavy atom. The molecule has 1 N–H and O–H groups in total. The highest BCUT2D eigenvalue weighted by molar-refractivity contribution is 6.35. The van der Waals surface area contributed by atoms with Crippen molar-refractivity contribution in [3.8, 4) is 0 Å². The summed E-state index contributed by atoms with van der Waals surface area (Å²) >= 11 is 12.6. The third kappa shape index (κ3) is 7.37. The van der Waals surface area contributed by atoms with Crippen LogP contribution in [-0.4, -0.2) is 28.8 Å². The molecule has 3 aromatic rings. The molecule has 2 amide bonds. The molecular formula is C31H34Cl2N2O2. The summed E-state index contributed by atoms with van der Waals surface area (Å²) in [6.45, 7) is 2.03. The highest BCUT2D eigenvalue weighted by atomic mass is 35.5. The molecule has 1 unspecified atom stereocenters. The molecule has 3 aromatic carbocycles. The first-order valence-electron chi connectivity index (χ1n) is 13.1. The summed E-state index contributed by atoms with van der Waals surface area (Å²) < 4.78 is 0. The monoisotopic (exact) mass is 536 g/mol. The molecular weight excluding hydrogens is 503 g/mol. The second-order valence-electron chi connectivity index (χ2n) is 9.85. The van der Waals surface area contributed by atoms with Crippen LogP contribution in [0.1, 0.15) is 68.1 Å². The lowest BCUT2D eigenvalue weighted by molar-refractivity contribution is -0.141. The summed E-state index contributed by atoms with van der Waals surface area (Å²) in [6.07, 6.45) is 5.66. The second kappa shape index (κ2) is 13.1. The minimum atomic E-state index is -0.645. The van der Waals surface area contributed by atoms with Crippen molar-refractivity contribution in [2.75, 3.05) is 0 Å². The van der Waals surface area contributed by atoms with Crippen LogP contribution in [0.5, 0.6) is 0 Å². The van der Waals surface area contributed by atoms with Crippen LogP contribution in [0.25, 0.3) is 0 Å². The number of rotatable bonds is 9. The van der Waals surface area contributed by atoms with Gasteiger partial charge in [-0.1, -0.05) is 109 Å². The van der Waals surface area contributed by atoms with E-state index in [9.17, 15) is 9.59 Å². The van der Waals surface area contributed by atoms with Gasteiger partial charge in [-0.3, -0.25) is 9.59 Å². The first-order valence-corrected chi connectivity index (χ1v) is 13.8. The quantitative estimate of drug-likeness (QED) is 0.310. The van der Waals surface area contributed by atoms with Crippen molar-refractivity contribution in [3.63, 3.8) is 0 Å². The molecule has 0 aliphatic heterocycles. The van der Waals surface area contributed by atoms with Crippen LogP contribution < -0.4 is 5.32 Å². The van der Waals surface area contributed by atoms with E-state index in [4.69, 9.17) is 23.2 Å². The normalized spacial score (nSPS) is 14.8. The lowest BCUT2D eigenvalue weighted by Crippen LogP contribution is -2.50. The van der Waals surface area contributed by atoms with Gasteiger partial charge in [0.05, 0.1) is 0 Å². The maximum Gasteiger partial charge on any atom is 0.242 e. The van der Waals surface area contributed by atoms with E-state index >= 15 is 0 Å². The molecule has 1 saturated carbocycles. The molecule has 0 saturated heterocycles. The summed E-state index contributed by atoms with van der Waals surface area (Å²) in [7, 11) is 0. The predicted molar refractivity (Wildman–Crippen MR) is 151 cm³/mol. The summed E-state index contributed by atoms with van der Waals surface area (Å²) in [6, 6.07) is 24.9. The summed E-state index contributed by atoms with van der Waals surface area (Å²) in [4.78, 5) is 29.0. The molecule has 194 valence electrons. The van der Waals surface area contributed by atoms with Crippen molar-refractivity contribution >= 4 is 35.0 Å². The SMILES string of the molecule is CC(C(=O)NC1CCCCC1)N(Cc1ccc(Cl)cc1Cl)C(=O)CC(c1ccccc1)c1ccccc1. The van der Waals surface area contributed by atoms with Crippen molar-refractivity contribution in [2.24, 2.45) is 0 Å². The van der Waals surface area contributed by atoms with Gasteiger partial charge in [-0.15, -0.1) is 0 Å². The number of carbonyl (C=O) groups excluding carboxylic acids is 2. The first kappa shape index (κ1) is 27.2. The lowest BCUT2D eigenvalue weighted by Gasteiger charge is -2.32. The Labute approximate surface area is 230 Å². The van der Waals surface area contributed by atoms with Gasteiger partial charge in [0, 0.05) is 35.0 Å². The number of hydrogen-bond acceptors (Lipinski definition) is 2. The van der Waals surface area contributed by atoms with Crippen LogP contribution in [0.4, 0.5) is 0 Å². The lowest BCUT2D eigenvalue weighted by atomic mass is 9.88. The molecule has 0 aromatic heterocycles. The minimum Gasteiger partial charge on any atom is -0.352 e. The van der Waals surface area contributed by atoms with Gasteiger partial charge < -0.3 is 10.2 Å². The highest BCUT2D eigenvalue weighted by Gasteiger charge is 2.30. The number of hydrogen-bond donors (Lipinski definition) is 1. The number of carbonyl (C=O) groups is 2. The third-order valence-corrected chi connectivity index (χ3v) is 7.84. The van der Waals surface area contributed by atoms with E-state index in [1.165, 1.54) is 6.42 Å². The zero-order chi connectivity index (χ0) is 26.2. The fourth-order valence-corrected chi connectivity index (χ4v) is 5.54. The number of amides is 2. The summed E-state index contributed by atoms with van der Waals surface area (Å²) in [5.41, 5.74) is 2.88. The topological polar surface area (TPSA) is 49.4 Å². The van der Waals surface area contributed by atoms with Crippen molar-refractivity contribution < 1.29 is 9.59 Å². The van der Waals surface area contributed by atoms with E-state index < -0.39 is 6.04 Å². The Balaban J connectivity index is 1.61. The van der Waals surface area contributed by atoms with Gasteiger partial charge in [-0.05, 0) is 48.6 Å². The molecule has 1 atom stereocenters. The Morgan fingerprint density at radius 3 is 2.05 bits per heavy atom. The molecule has 1 fully saturated rings. The molecule has 0 bridgehead atoms. The Kier molecular flexibility index (Phi) is 9.65. The summed E-state index contributed by atoms with van der Waals surface area (Å²) in [5, 5.41) is 4.20. The van der Waals surface area contributed by atoms with E-state index in [-0.39, 0.29) is 36.7 Å². The number of halogens is 2. The van der Waals surface area contributed by atoms with Gasteiger partial charge in [-0.25, -0.2) is 0 Å². The highest BCUT2D eigenvalue weighted by Crippen LogP contribution is 2.30. The van der Waals surface area contributed by atoms with Crippen LogP contribution in [0, 0.1) is 0 Å². The third-order valence-electron chi connectivity index (χ3n) is 7.26. The Morgan fingerprint density at radius 2 is 1.49 bits per heavy atom. The maximum absolute atomic E-state index is 14.0. The molecule has 4 nitrogen and oxygen atoms in total. The van der Waals surface area contributed by atoms with Crippen molar-refractivity contribution in [1.29, 1.82) is 0 Å². The molecule has 1 aliphatic carbocycles. The van der Waals surface area contributed by atoms with E-state index in [0.29, 0.717) is 10.0 Å². The van der Waals surface area contributed by atoms with E-state index in [0.717, 1.165) is 42.4 Å². The van der Waals surface area contributed by atoms with Gasteiger partial charge in [0.2, 0.25) is 11.8 Å². The summed E-state index contributed by atoms with van der Waals surface area (Å²) in [5.74, 6) is -0.358. The van der Waals surface area contributed by atoms with Crippen molar-refractivity contribution in [1.82, 2.24) is 10.2 Å². The standard InChI is InChI=1S/C31H34Cl2N2O2/c1-22(31(37)34-27-15-9-4-10-16-27)35(21-25-17-18-26(32)19-29(25)33)30(36)20-28(23-11-5-2-6-12-23)24-13-7-3-8-14-24/h2-3,5-8,11-14,17-19,22,27-28H,4,9-10,15-16,20-21H2,1H3,(H,34,37). The van der Waals surface area contributed by atoms with Crippen molar-refractivity contribution in [2.45, 2.75) is 70.0 Å². The molecule has 1 aliphatic rings. The second-order valence-corrected chi connectivity index (χ2v) is 10.7. The average molecular weight is 538 g/mol. The van der Waals surface area contributed by atoms with Gasteiger partial charge in [0.25, 0.3) is 0 Å². The molecule has 0 heterocycles. The molecule has 37 heavy (non-hydrogen) atoms. The van der Waals surface area contributed by atoms with E-state index in [1.807, 2.05) is 66.7 Å². The average Bonchev–Trinajstić information content (AvgIpc) is 2.92. The molecule has 4 rings (SSSR count). The van der Waals surface area contributed by atoms with Crippen LogP contribution in [-0.2, 0) is 16.1 Å². The largest absolute Gasteiger partial charge is 0.352 e. The van der Waals surface area contributed by atoms with Crippen LogP contribution in [0.2, 0.25) is 10.0 Å². The fourth-order valence-electron chi connectivity index (χ4n) is 5.08. The number of benzene rings is 3. The minimum absolute atomic E-state index is 0.102. The van der Waals surface area contributed by atoms with Crippen molar-refractivity contribution in [3.05, 3.63) is 106 Å². The number of nitrogens with one attached hydrogen (secondary N) is 1. The van der Waals surface area contributed by atoms with Gasteiger partial charge in [0.15, 0.2) is 0 Å². The molecule has 0 radical (unpaired) electrons. The number of nitrogens with zero attached hydrogens (tertiary/aromatic N) is 1. The van der Waals surface area contributed by atoms with Crippen LogP contribution >= 0.6 is 23.2 Å². The Hall–Kier alpha value is -2.82. The van der Waals surface area contributed by atoms with Gasteiger partial charge in [0.1, 0.15) is 6.04 Å². The van der Waals surface area contributed by atoms with Gasteiger partial charge in [-0.2, -0.15) is 0 Å². The molecule has 0 spiro atoms.